The maximum absolute atomic E-state index is 6.97. The van der Waals surface area contributed by atoms with Crippen molar-refractivity contribution >= 4 is 88.0 Å². The summed E-state index contributed by atoms with van der Waals surface area (Å²) in [4.78, 5) is 4.65. The predicted octanol–water partition coefficient (Wildman–Crippen LogP) is 16.3. The highest BCUT2D eigenvalue weighted by atomic mass is 16.5. The van der Waals surface area contributed by atoms with Gasteiger partial charge >= 0.3 is 0 Å². The van der Waals surface area contributed by atoms with Gasteiger partial charge in [-0.05, 0) is 122 Å². The molecule has 0 spiro atoms. The van der Waals surface area contributed by atoms with Crippen LogP contribution in [-0.4, -0.2) is 0 Å². The van der Waals surface area contributed by atoms with E-state index in [0.717, 1.165) is 56.4 Å². The zero-order valence-electron chi connectivity index (χ0n) is 32.5. The van der Waals surface area contributed by atoms with E-state index in [1.807, 2.05) is 12.1 Å². The molecular weight excluding hydrogens is 733 g/mol. The average molecular weight is 769 g/mol. The Kier molecular flexibility index (Phi) is 7.82. The first-order chi connectivity index (χ1) is 29.7. The second-order valence-corrected chi connectivity index (χ2v) is 15.4. The second-order valence-electron chi connectivity index (χ2n) is 15.4. The van der Waals surface area contributed by atoms with Crippen LogP contribution in [0.15, 0.2) is 218 Å². The summed E-state index contributed by atoms with van der Waals surface area (Å²) in [5, 5.41) is 11.4. The molecule has 0 unspecified atom stereocenters. The SMILES string of the molecule is c1ccc2cc(N(c3ccc4c(c3)Oc3ccc(N(c5ccc6ccccc6c5)c5ccc6ccccc6c5)c5cccc(c35)O4)c3ccc4ccccc4c3)ccc2c1. The summed E-state index contributed by atoms with van der Waals surface area (Å²) in [5.74, 6) is 2.78. The molecule has 4 nitrogen and oxygen atoms in total. The molecule has 0 radical (unpaired) electrons. The summed E-state index contributed by atoms with van der Waals surface area (Å²) < 4.78 is 13.8. The molecule has 0 bridgehead atoms. The van der Waals surface area contributed by atoms with Crippen LogP contribution in [0.3, 0.4) is 0 Å². The van der Waals surface area contributed by atoms with Crippen LogP contribution in [-0.2, 0) is 0 Å². The fourth-order valence-corrected chi connectivity index (χ4v) is 8.87. The van der Waals surface area contributed by atoms with E-state index in [9.17, 15) is 0 Å². The Hall–Kier alpha value is -8.08. The summed E-state index contributed by atoms with van der Waals surface area (Å²) in [6.45, 7) is 0. The van der Waals surface area contributed by atoms with Crippen molar-refractivity contribution in [1.82, 2.24) is 0 Å². The largest absolute Gasteiger partial charge is 0.453 e. The molecule has 1 aliphatic heterocycles. The van der Waals surface area contributed by atoms with E-state index in [0.29, 0.717) is 11.5 Å². The van der Waals surface area contributed by atoms with Crippen molar-refractivity contribution in [2.75, 3.05) is 9.80 Å². The number of rotatable bonds is 6. The van der Waals surface area contributed by atoms with E-state index in [-0.39, 0.29) is 0 Å². The van der Waals surface area contributed by atoms with Crippen molar-refractivity contribution in [2.45, 2.75) is 0 Å². The third-order valence-electron chi connectivity index (χ3n) is 11.8. The first-order valence-electron chi connectivity index (χ1n) is 20.3. The number of anilines is 6. The Morgan fingerprint density at radius 1 is 0.250 bits per heavy atom. The van der Waals surface area contributed by atoms with Gasteiger partial charge in [0, 0.05) is 34.2 Å². The van der Waals surface area contributed by atoms with Gasteiger partial charge in [-0.1, -0.05) is 133 Å². The molecule has 11 aromatic rings. The lowest BCUT2D eigenvalue weighted by Gasteiger charge is -2.28. The van der Waals surface area contributed by atoms with E-state index in [2.05, 4.69) is 216 Å². The van der Waals surface area contributed by atoms with Gasteiger partial charge in [-0.2, -0.15) is 0 Å². The van der Waals surface area contributed by atoms with Gasteiger partial charge in [0.05, 0.1) is 16.8 Å². The van der Waals surface area contributed by atoms with Gasteiger partial charge in [-0.25, -0.2) is 0 Å². The third kappa shape index (κ3) is 5.77. The van der Waals surface area contributed by atoms with Crippen LogP contribution in [0.5, 0.6) is 23.0 Å². The Labute approximate surface area is 347 Å². The first-order valence-corrected chi connectivity index (χ1v) is 20.3. The minimum atomic E-state index is 0.644. The number of benzene rings is 11. The van der Waals surface area contributed by atoms with E-state index >= 15 is 0 Å². The maximum Gasteiger partial charge on any atom is 0.172 e. The number of fused-ring (bicyclic) bond motifs is 5. The molecular formula is C56H36N2O2. The monoisotopic (exact) mass is 768 g/mol. The summed E-state index contributed by atoms with van der Waals surface area (Å²) in [6.07, 6.45) is 0. The molecule has 60 heavy (non-hydrogen) atoms. The van der Waals surface area contributed by atoms with Crippen molar-refractivity contribution in [3.8, 4) is 23.0 Å². The lowest BCUT2D eigenvalue weighted by molar-refractivity contribution is 0.439. The van der Waals surface area contributed by atoms with Crippen molar-refractivity contribution in [3.63, 3.8) is 0 Å². The normalized spacial score (nSPS) is 11.9. The van der Waals surface area contributed by atoms with E-state index in [4.69, 9.17) is 9.47 Å². The average Bonchev–Trinajstić information content (AvgIpc) is 3.46. The van der Waals surface area contributed by atoms with Crippen LogP contribution in [0.4, 0.5) is 34.1 Å². The van der Waals surface area contributed by atoms with E-state index in [1.165, 1.54) is 43.1 Å². The molecule has 1 aliphatic rings. The zero-order valence-corrected chi connectivity index (χ0v) is 32.5. The van der Waals surface area contributed by atoms with Gasteiger partial charge < -0.3 is 19.3 Å². The van der Waals surface area contributed by atoms with Crippen molar-refractivity contribution in [1.29, 1.82) is 0 Å². The van der Waals surface area contributed by atoms with E-state index < -0.39 is 0 Å². The second kappa shape index (κ2) is 13.8. The number of nitrogens with zero attached hydrogens (tertiary/aromatic N) is 2. The molecule has 0 fully saturated rings. The molecule has 0 aliphatic carbocycles. The third-order valence-corrected chi connectivity index (χ3v) is 11.8. The summed E-state index contributed by atoms with van der Waals surface area (Å²) >= 11 is 0. The van der Waals surface area contributed by atoms with Crippen molar-refractivity contribution < 1.29 is 9.47 Å². The molecule has 11 aromatic carbocycles. The Balaban J connectivity index is 1.00. The zero-order chi connectivity index (χ0) is 39.6. The predicted molar refractivity (Wildman–Crippen MR) is 250 cm³/mol. The van der Waals surface area contributed by atoms with Gasteiger partial charge in [-0.15, -0.1) is 0 Å². The summed E-state index contributed by atoms with van der Waals surface area (Å²) in [6, 6.07) is 77.4. The fraction of sp³-hybridized carbons (Fsp3) is 0. The highest BCUT2D eigenvalue weighted by Crippen LogP contribution is 2.52. The van der Waals surface area contributed by atoms with Crippen LogP contribution in [0.1, 0.15) is 0 Å². The summed E-state index contributed by atoms with van der Waals surface area (Å²) in [7, 11) is 0. The molecule has 12 rings (SSSR count). The Bertz CT molecular complexity index is 3330. The quantitative estimate of drug-likeness (QED) is 0.168. The van der Waals surface area contributed by atoms with Gasteiger partial charge in [0.15, 0.2) is 11.5 Å². The van der Waals surface area contributed by atoms with Gasteiger partial charge in [-0.3, -0.25) is 0 Å². The number of hydrogen-bond acceptors (Lipinski definition) is 4. The van der Waals surface area contributed by atoms with Crippen LogP contribution in [0.2, 0.25) is 0 Å². The molecule has 0 aromatic heterocycles. The molecule has 0 saturated heterocycles. The molecule has 0 saturated carbocycles. The van der Waals surface area contributed by atoms with E-state index in [1.54, 1.807) is 0 Å². The lowest BCUT2D eigenvalue weighted by atomic mass is 10.0. The van der Waals surface area contributed by atoms with Gasteiger partial charge in [0.1, 0.15) is 11.5 Å². The lowest BCUT2D eigenvalue weighted by Crippen LogP contribution is -2.10. The molecule has 0 atom stereocenters. The van der Waals surface area contributed by atoms with Crippen LogP contribution >= 0.6 is 0 Å². The minimum Gasteiger partial charge on any atom is -0.453 e. The Morgan fingerprint density at radius 3 is 1.13 bits per heavy atom. The maximum atomic E-state index is 6.97. The highest BCUT2D eigenvalue weighted by molar-refractivity contribution is 6.07. The standard InChI is InChI=1S/C56H36N2O2/c1-5-14-41-32-45(24-20-37(41)10-1)57(46-25-21-38-11-2-6-15-42(38)33-46)49-28-30-52-55(36-49)60-54-31-29-51(50-18-9-19-53(59-52)56(50)54)58(47-26-22-39-12-3-7-16-43(39)34-47)48-27-23-40-13-4-8-17-44(40)35-48/h1-36H. The molecule has 1 heterocycles. The smallest absolute Gasteiger partial charge is 0.172 e. The molecule has 0 N–H and O–H groups in total. The Morgan fingerprint density at radius 2 is 0.633 bits per heavy atom. The van der Waals surface area contributed by atoms with Crippen LogP contribution < -0.4 is 19.3 Å². The fourth-order valence-electron chi connectivity index (χ4n) is 8.87. The van der Waals surface area contributed by atoms with Crippen LogP contribution in [0, 0.1) is 0 Å². The molecule has 4 heteroatoms. The van der Waals surface area contributed by atoms with Crippen LogP contribution in [0.25, 0.3) is 53.9 Å². The minimum absolute atomic E-state index is 0.644. The molecule has 282 valence electrons. The van der Waals surface area contributed by atoms with Gasteiger partial charge in [0.25, 0.3) is 0 Å². The highest BCUT2D eigenvalue weighted by Gasteiger charge is 2.25. The first kappa shape index (κ1) is 34.0. The molecule has 0 amide bonds. The summed E-state index contributed by atoms with van der Waals surface area (Å²) in [5.41, 5.74) is 6.22. The van der Waals surface area contributed by atoms with Crippen molar-refractivity contribution in [2.24, 2.45) is 0 Å². The van der Waals surface area contributed by atoms with Gasteiger partial charge in [0.2, 0.25) is 0 Å². The topological polar surface area (TPSA) is 24.9 Å². The van der Waals surface area contributed by atoms with Crippen molar-refractivity contribution in [3.05, 3.63) is 218 Å². The number of hydrogen-bond donors (Lipinski definition) is 0. The number of ether oxygens (including phenoxy) is 2.